The number of fused-ring (bicyclic) bond motifs is 1. The minimum absolute atomic E-state index is 0.0198. The third-order valence-electron chi connectivity index (χ3n) is 3.85. The van der Waals surface area contributed by atoms with Crippen LogP contribution >= 0.6 is 0 Å². The van der Waals surface area contributed by atoms with Gasteiger partial charge in [0.1, 0.15) is 5.82 Å². The molecule has 0 atom stereocenters. The Hall–Kier alpha value is -3.28. The second kappa shape index (κ2) is 7.74. The van der Waals surface area contributed by atoms with E-state index in [9.17, 15) is 9.59 Å². The predicted molar refractivity (Wildman–Crippen MR) is 99.5 cm³/mol. The number of benzene rings is 2. The molecule has 0 fully saturated rings. The topological polar surface area (TPSA) is 81.2 Å². The summed E-state index contributed by atoms with van der Waals surface area (Å²) in [4.78, 5) is 32.3. The van der Waals surface area contributed by atoms with Gasteiger partial charge in [-0.3, -0.25) is 9.59 Å². The van der Waals surface area contributed by atoms with Crippen molar-refractivity contribution in [3.05, 3.63) is 59.9 Å². The maximum absolute atomic E-state index is 12.1. The molecular weight excluding hydrogens is 330 g/mol. The second-order valence-electron chi connectivity index (χ2n) is 5.79. The quantitative estimate of drug-likeness (QED) is 0.690. The van der Waals surface area contributed by atoms with Crippen molar-refractivity contribution in [1.82, 2.24) is 9.97 Å². The van der Waals surface area contributed by atoms with Crippen molar-refractivity contribution in [2.24, 2.45) is 0 Å². The highest BCUT2D eigenvalue weighted by Crippen LogP contribution is 2.22. The van der Waals surface area contributed by atoms with Gasteiger partial charge in [-0.15, -0.1) is 0 Å². The molecule has 132 valence electrons. The van der Waals surface area contributed by atoms with Crippen molar-refractivity contribution >= 4 is 28.3 Å². The highest BCUT2D eigenvalue weighted by molar-refractivity contribution is 5.96. The Bertz CT molecular complexity index is 952. The minimum Gasteiger partial charge on any atom is -0.467 e. The molecule has 0 unspecified atom stereocenters. The van der Waals surface area contributed by atoms with Crippen molar-refractivity contribution in [3.63, 3.8) is 0 Å². The average Bonchev–Trinajstić information content (AvgIpc) is 2.66. The Morgan fingerprint density at radius 1 is 1.04 bits per heavy atom. The number of carbonyl (C=O) groups excluding carboxylic acids is 2. The van der Waals surface area contributed by atoms with Crippen LogP contribution in [0.25, 0.3) is 10.9 Å². The van der Waals surface area contributed by atoms with E-state index in [1.165, 1.54) is 6.92 Å². The van der Waals surface area contributed by atoms with Crippen LogP contribution in [-0.2, 0) is 11.2 Å². The van der Waals surface area contributed by atoms with E-state index in [0.29, 0.717) is 29.4 Å². The van der Waals surface area contributed by atoms with Gasteiger partial charge in [-0.05, 0) is 43.3 Å². The zero-order valence-electron chi connectivity index (χ0n) is 14.7. The molecule has 26 heavy (non-hydrogen) atoms. The number of aromatic nitrogens is 2. The van der Waals surface area contributed by atoms with E-state index in [4.69, 9.17) is 4.74 Å². The Kier molecular flexibility index (Phi) is 5.22. The molecule has 0 saturated heterocycles. The van der Waals surface area contributed by atoms with Gasteiger partial charge in [0.2, 0.25) is 5.88 Å². The first kappa shape index (κ1) is 17.5. The van der Waals surface area contributed by atoms with Gasteiger partial charge in [0.25, 0.3) is 5.91 Å². The predicted octanol–water partition coefficient (Wildman–Crippen LogP) is 3.41. The van der Waals surface area contributed by atoms with Gasteiger partial charge in [0, 0.05) is 17.7 Å². The molecule has 0 aliphatic carbocycles. The van der Waals surface area contributed by atoms with E-state index in [1.54, 1.807) is 24.3 Å². The van der Waals surface area contributed by atoms with Gasteiger partial charge in [-0.25, -0.2) is 4.98 Å². The summed E-state index contributed by atoms with van der Waals surface area (Å²) in [6.45, 7) is 3.29. The van der Waals surface area contributed by atoms with Crippen molar-refractivity contribution in [2.75, 3.05) is 11.9 Å². The summed E-state index contributed by atoms with van der Waals surface area (Å²) in [5.41, 5.74) is 1.98. The van der Waals surface area contributed by atoms with E-state index in [0.717, 1.165) is 10.9 Å². The van der Waals surface area contributed by atoms with Crippen LogP contribution in [-0.4, -0.2) is 28.3 Å². The summed E-state index contributed by atoms with van der Waals surface area (Å²) in [5, 5.41) is 3.50. The van der Waals surface area contributed by atoms with Gasteiger partial charge < -0.3 is 10.1 Å². The minimum atomic E-state index is -0.304. The molecule has 1 aromatic heterocycles. The molecule has 0 aliphatic heterocycles. The fraction of sp³-hybridized carbons (Fsp3) is 0.200. The smallest absolute Gasteiger partial charge is 0.262 e. The number of amides is 1. The lowest BCUT2D eigenvalue weighted by atomic mass is 10.1. The van der Waals surface area contributed by atoms with Gasteiger partial charge in [-0.1, -0.05) is 19.1 Å². The average molecular weight is 349 g/mol. The maximum atomic E-state index is 12.1. The summed E-state index contributed by atoms with van der Waals surface area (Å²) < 4.78 is 5.64. The highest BCUT2D eigenvalue weighted by Gasteiger charge is 2.10. The molecule has 3 rings (SSSR count). The number of rotatable bonds is 6. The lowest BCUT2D eigenvalue weighted by molar-refractivity contribution is -0.118. The van der Waals surface area contributed by atoms with E-state index in [-0.39, 0.29) is 18.3 Å². The normalized spacial score (nSPS) is 10.5. The highest BCUT2D eigenvalue weighted by atomic mass is 16.5. The molecule has 0 radical (unpaired) electrons. The standard InChI is InChI=1S/C20H19N3O3/c1-3-18-22-17-7-5-4-6-16(17)20(23-18)26-12-19(25)21-15-10-8-14(9-11-15)13(2)24/h4-11H,3,12H2,1-2H3,(H,21,25). The Balaban J connectivity index is 1.69. The molecule has 1 N–H and O–H groups in total. The molecule has 1 amide bonds. The van der Waals surface area contributed by atoms with Crippen molar-refractivity contribution in [2.45, 2.75) is 20.3 Å². The van der Waals surface area contributed by atoms with Crippen LogP contribution in [0.3, 0.4) is 0 Å². The molecule has 1 heterocycles. The van der Waals surface area contributed by atoms with Gasteiger partial charge in [0.15, 0.2) is 12.4 Å². The number of ketones is 1. The summed E-state index contributed by atoms with van der Waals surface area (Å²) in [7, 11) is 0. The van der Waals surface area contributed by atoms with E-state index >= 15 is 0 Å². The number of nitrogens with zero attached hydrogens (tertiary/aromatic N) is 2. The van der Waals surface area contributed by atoms with Crippen LogP contribution in [0.15, 0.2) is 48.5 Å². The molecule has 6 nitrogen and oxygen atoms in total. The lowest BCUT2D eigenvalue weighted by Crippen LogP contribution is -2.20. The van der Waals surface area contributed by atoms with Crippen LogP contribution < -0.4 is 10.1 Å². The Labute approximate surface area is 151 Å². The Morgan fingerprint density at radius 2 is 1.77 bits per heavy atom. The van der Waals surface area contributed by atoms with Crippen LogP contribution in [0.4, 0.5) is 5.69 Å². The molecule has 6 heteroatoms. The van der Waals surface area contributed by atoms with Crippen molar-refractivity contribution in [3.8, 4) is 5.88 Å². The van der Waals surface area contributed by atoms with Crippen molar-refractivity contribution in [1.29, 1.82) is 0 Å². The fourth-order valence-electron chi connectivity index (χ4n) is 2.48. The van der Waals surface area contributed by atoms with Crippen molar-refractivity contribution < 1.29 is 14.3 Å². The van der Waals surface area contributed by atoms with Gasteiger partial charge in [-0.2, -0.15) is 4.98 Å². The van der Waals surface area contributed by atoms with Gasteiger partial charge in [0.05, 0.1) is 10.9 Å². The monoisotopic (exact) mass is 349 g/mol. The SMILES string of the molecule is CCc1nc(OCC(=O)Nc2ccc(C(C)=O)cc2)c2ccccc2n1. The summed E-state index contributed by atoms with van der Waals surface area (Å²) in [6, 6.07) is 14.2. The number of hydrogen-bond acceptors (Lipinski definition) is 5. The first-order valence-electron chi connectivity index (χ1n) is 8.36. The van der Waals surface area contributed by atoms with Gasteiger partial charge >= 0.3 is 0 Å². The number of para-hydroxylation sites is 1. The molecule has 0 bridgehead atoms. The largest absolute Gasteiger partial charge is 0.467 e. The number of carbonyl (C=O) groups is 2. The third-order valence-corrected chi connectivity index (χ3v) is 3.85. The number of Topliss-reactive ketones (excluding diaryl/α,β-unsaturated/α-hetero) is 1. The molecular formula is C20H19N3O3. The lowest BCUT2D eigenvalue weighted by Gasteiger charge is -2.10. The molecule has 0 saturated carbocycles. The summed E-state index contributed by atoms with van der Waals surface area (Å²) in [5.74, 6) is 0.739. The van der Waals surface area contributed by atoms with E-state index < -0.39 is 0 Å². The third kappa shape index (κ3) is 4.03. The fourth-order valence-corrected chi connectivity index (χ4v) is 2.48. The van der Waals surface area contributed by atoms with Crippen LogP contribution in [0.2, 0.25) is 0 Å². The molecule has 2 aromatic carbocycles. The number of nitrogens with one attached hydrogen (secondary N) is 1. The van der Waals surface area contributed by atoms with E-state index in [1.807, 2.05) is 31.2 Å². The molecule has 0 spiro atoms. The number of aryl methyl sites for hydroxylation is 1. The first-order chi connectivity index (χ1) is 12.6. The van der Waals surface area contributed by atoms with Crippen LogP contribution in [0.5, 0.6) is 5.88 Å². The number of hydrogen-bond donors (Lipinski definition) is 1. The summed E-state index contributed by atoms with van der Waals surface area (Å²) >= 11 is 0. The molecule has 0 aliphatic rings. The zero-order chi connectivity index (χ0) is 18.5. The number of anilines is 1. The van der Waals surface area contributed by atoms with E-state index in [2.05, 4.69) is 15.3 Å². The van der Waals surface area contributed by atoms with Crippen LogP contribution in [0, 0.1) is 0 Å². The zero-order valence-corrected chi connectivity index (χ0v) is 14.7. The number of ether oxygens (including phenoxy) is 1. The summed E-state index contributed by atoms with van der Waals surface area (Å²) in [6.07, 6.45) is 0.676. The second-order valence-corrected chi connectivity index (χ2v) is 5.79. The maximum Gasteiger partial charge on any atom is 0.262 e. The van der Waals surface area contributed by atoms with Crippen LogP contribution in [0.1, 0.15) is 30.0 Å². The Morgan fingerprint density at radius 3 is 2.46 bits per heavy atom. The molecule has 3 aromatic rings. The first-order valence-corrected chi connectivity index (χ1v) is 8.36.